The largest absolute Gasteiger partial charge is 0.494 e. The van der Waals surface area contributed by atoms with Gasteiger partial charge in [0.15, 0.2) is 0 Å². The van der Waals surface area contributed by atoms with E-state index in [2.05, 4.69) is 28.5 Å². The first kappa shape index (κ1) is 25.0. The van der Waals surface area contributed by atoms with Crippen molar-refractivity contribution < 1.29 is 19.4 Å². The summed E-state index contributed by atoms with van der Waals surface area (Å²) in [6, 6.07) is 20.2. The molecule has 0 atom stereocenters. The van der Waals surface area contributed by atoms with Gasteiger partial charge in [0.1, 0.15) is 5.75 Å². The summed E-state index contributed by atoms with van der Waals surface area (Å²) in [7, 11) is 0. The second kappa shape index (κ2) is 11.2. The molecule has 1 heterocycles. The SMILES string of the molecule is O=C(CCCOc1ccc2c(c1)C1(CC2)CCC(C(=O)O)CC1)NCc1cccc(-c2ccccn2)c1. The fourth-order valence-corrected chi connectivity index (χ4v) is 5.89. The third-order valence-corrected chi connectivity index (χ3v) is 8.01. The molecule has 37 heavy (non-hydrogen) atoms. The van der Waals surface area contributed by atoms with E-state index in [9.17, 15) is 14.7 Å². The van der Waals surface area contributed by atoms with E-state index in [1.165, 1.54) is 11.1 Å². The maximum absolute atomic E-state index is 12.4. The van der Waals surface area contributed by atoms with Gasteiger partial charge in [0.25, 0.3) is 0 Å². The number of carboxylic acids is 1. The number of fused-ring (bicyclic) bond motifs is 2. The van der Waals surface area contributed by atoms with E-state index >= 15 is 0 Å². The lowest BCUT2D eigenvalue weighted by molar-refractivity contribution is -0.143. The Kier molecular flexibility index (Phi) is 7.54. The molecule has 0 aliphatic heterocycles. The molecule has 1 fully saturated rings. The highest BCUT2D eigenvalue weighted by molar-refractivity contribution is 5.76. The van der Waals surface area contributed by atoms with Crippen LogP contribution in [0.2, 0.25) is 0 Å². The summed E-state index contributed by atoms with van der Waals surface area (Å²) in [5.41, 5.74) is 5.81. The van der Waals surface area contributed by atoms with Crippen molar-refractivity contribution in [2.75, 3.05) is 6.61 Å². The van der Waals surface area contributed by atoms with Crippen molar-refractivity contribution in [3.63, 3.8) is 0 Å². The summed E-state index contributed by atoms with van der Waals surface area (Å²) in [5.74, 6) is -0.0145. The van der Waals surface area contributed by atoms with E-state index in [4.69, 9.17) is 4.74 Å². The van der Waals surface area contributed by atoms with Gasteiger partial charge in [-0.15, -0.1) is 0 Å². The topological polar surface area (TPSA) is 88.5 Å². The van der Waals surface area contributed by atoms with Crippen molar-refractivity contribution in [3.05, 3.63) is 83.6 Å². The molecule has 192 valence electrons. The first-order valence-corrected chi connectivity index (χ1v) is 13.3. The molecular weight excluding hydrogens is 464 g/mol. The molecule has 1 aromatic heterocycles. The molecule has 2 aliphatic rings. The Bertz CT molecular complexity index is 1250. The fourth-order valence-electron chi connectivity index (χ4n) is 5.89. The molecule has 0 radical (unpaired) electrons. The Labute approximate surface area is 218 Å². The maximum Gasteiger partial charge on any atom is 0.306 e. The van der Waals surface area contributed by atoms with Crippen LogP contribution < -0.4 is 10.1 Å². The Balaban J connectivity index is 1.08. The Morgan fingerprint density at radius 2 is 1.89 bits per heavy atom. The number of carboxylic acid groups (broad SMARTS) is 1. The minimum Gasteiger partial charge on any atom is -0.494 e. The van der Waals surface area contributed by atoms with Gasteiger partial charge in [-0.1, -0.05) is 30.3 Å². The standard InChI is InChI=1S/C31H34N2O4/c34-29(33-21-22-5-3-6-25(19-22)28-7-1-2-17-32-28)8-4-18-37-26-10-9-23-11-14-31(27(23)20-26)15-12-24(13-16-31)30(35)36/h1-3,5-7,9-10,17,19-20,24H,4,8,11-16,18,21H2,(H,33,34)(H,35,36). The third-order valence-electron chi connectivity index (χ3n) is 8.01. The van der Waals surface area contributed by atoms with Crippen molar-refractivity contribution in [2.24, 2.45) is 5.92 Å². The normalized spacial score (nSPS) is 20.4. The number of nitrogens with one attached hydrogen (secondary N) is 1. The highest BCUT2D eigenvalue weighted by Gasteiger charge is 2.43. The number of ether oxygens (including phenoxy) is 1. The van der Waals surface area contributed by atoms with Gasteiger partial charge in [-0.2, -0.15) is 0 Å². The molecule has 3 aromatic rings. The number of carbonyl (C=O) groups excluding carboxylic acids is 1. The number of aromatic nitrogens is 1. The molecule has 1 spiro atoms. The second-order valence-electron chi connectivity index (χ2n) is 10.4. The van der Waals surface area contributed by atoms with Gasteiger partial charge >= 0.3 is 5.97 Å². The zero-order chi connectivity index (χ0) is 25.7. The number of aliphatic carboxylic acids is 1. The number of carbonyl (C=O) groups is 2. The van der Waals surface area contributed by atoms with Crippen molar-refractivity contribution in [1.82, 2.24) is 10.3 Å². The van der Waals surface area contributed by atoms with Crippen molar-refractivity contribution in [3.8, 4) is 17.0 Å². The van der Waals surface area contributed by atoms with Crippen molar-refractivity contribution >= 4 is 11.9 Å². The van der Waals surface area contributed by atoms with Crippen LogP contribution in [0.3, 0.4) is 0 Å². The fraction of sp³-hybridized carbons (Fsp3) is 0.387. The van der Waals surface area contributed by atoms with E-state index in [1.807, 2.05) is 42.5 Å². The lowest BCUT2D eigenvalue weighted by atomic mass is 9.67. The van der Waals surface area contributed by atoms with Crippen LogP contribution in [0, 0.1) is 5.92 Å². The van der Waals surface area contributed by atoms with Gasteiger partial charge < -0.3 is 15.2 Å². The molecule has 6 heteroatoms. The molecule has 5 rings (SSSR count). The number of benzene rings is 2. The molecule has 1 amide bonds. The monoisotopic (exact) mass is 498 g/mol. The number of hydrogen-bond donors (Lipinski definition) is 2. The van der Waals surface area contributed by atoms with Crippen LogP contribution in [0.15, 0.2) is 66.9 Å². The van der Waals surface area contributed by atoms with Crippen LogP contribution in [0.4, 0.5) is 0 Å². The van der Waals surface area contributed by atoms with E-state index < -0.39 is 5.97 Å². The number of hydrogen-bond acceptors (Lipinski definition) is 4. The van der Waals surface area contributed by atoms with Gasteiger partial charge in [-0.3, -0.25) is 14.6 Å². The van der Waals surface area contributed by atoms with E-state index in [-0.39, 0.29) is 17.2 Å². The lowest BCUT2D eigenvalue weighted by Gasteiger charge is -2.37. The average molecular weight is 499 g/mol. The summed E-state index contributed by atoms with van der Waals surface area (Å²) in [6.07, 6.45) is 8.36. The first-order valence-electron chi connectivity index (χ1n) is 13.3. The van der Waals surface area contributed by atoms with Gasteiger partial charge in [-0.05, 0) is 97.4 Å². The highest BCUT2D eigenvalue weighted by atomic mass is 16.5. The van der Waals surface area contributed by atoms with E-state index in [0.29, 0.717) is 26.0 Å². The van der Waals surface area contributed by atoms with Gasteiger partial charge in [0, 0.05) is 24.7 Å². The summed E-state index contributed by atoms with van der Waals surface area (Å²) in [5, 5.41) is 12.4. The maximum atomic E-state index is 12.4. The van der Waals surface area contributed by atoms with Crippen LogP contribution in [0.5, 0.6) is 5.75 Å². The van der Waals surface area contributed by atoms with Crippen LogP contribution in [-0.2, 0) is 28.0 Å². The van der Waals surface area contributed by atoms with E-state index in [0.717, 1.165) is 61.1 Å². The average Bonchev–Trinajstić information content (AvgIpc) is 3.28. The van der Waals surface area contributed by atoms with Crippen LogP contribution >= 0.6 is 0 Å². The Morgan fingerprint density at radius 3 is 2.68 bits per heavy atom. The minimum absolute atomic E-state index is 0.00920. The summed E-state index contributed by atoms with van der Waals surface area (Å²) >= 11 is 0. The quantitative estimate of drug-likeness (QED) is 0.371. The third kappa shape index (κ3) is 5.85. The molecular formula is C31H34N2O4. The van der Waals surface area contributed by atoms with Gasteiger partial charge in [0.05, 0.1) is 18.2 Å². The van der Waals surface area contributed by atoms with Crippen molar-refractivity contribution in [2.45, 2.75) is 63.3 Å². The molecule has 1 saturated carbocycles. The molecule has 2 N–H and O–H groups in total. The molecule has 0 unspecified atom stereocenters. The lowest BCUT2D eigenvalue weighted by Crippen LogP contribution is -2.32. The smallest absolute Gasteiger partial charge is 0.306 e. The summed E-state index contributed by atoms with van der Waals surface area (Å²) < 4.78 is 6.02. The minimum atomic E-state index is -0.660. The Morgan fingerprint density at radius 1 is 1.03 bits per heavy atom. The number of nitrogens with zero attached hydrogens (tertiary/aromatic N) is 1. The van der Waals surface area contributed by atoms with Crippen molar-refractivity contribution in [1.29, 1.82) is 0 Å². The predicted octanol–water partition coefficient (Wildman–Crippen LogP) is 5.68. The number of rotatable bonds is 9. The number of pyridine rings is 1. The van der Waals surface area contributed by atoms with E-state index in [1.54, 1.807) is 6.20 Å². The molecule has 2 aliphatic carbocycles. The molecule has 0 saturated heterocycles. The van der Waals surface area contributed by atoms with Crippen LogP contribution in [0.1, 0.15) is 61.6 Å². The zero-order valence-corrected chi connectivity index (χ0v) is 21.1. The molecule has 6 nitrogen and oxygen atoms in total. The van der Waals surface area contributed by atoms with Gasteiger partial charge in [0.2, 0.25) is 5.91 Å². The number of amides is 1. The Hall–Kier alpha value is -3.67. The summed E-state index contributed by atoms with van der Waals surface area (Å²) in [4.78, 5) is 28.2. The highest BCUT2D eigenvalue weighted by Crippen LogP contribution is 2.50. The number of aryl methyl sites for hydroxylation is 1. The predicted molar refractivity (Wildman–Crippen MR) is 142 cm³/mol. The van der Waals surface area contributed by atoms with Crippen LogP contribution in [0.25, 0.3) is 11.3 Å². The second-order valence-corrected chi connectivity index (χ2v) is 10.4. The molecule has 0 bridgehead atoms. The summed E-state index contributed by atoms with van der Waals surface area (Å²) in [6.45, 7) is 0.964. The first-order chi connectivity index (χ1) is 18.0. The molecule has 2 aromatic carbocycles. The zero-order valence-electron chi connectivity index (χ0n) is 21.1. The van der Waals surface area contributed by atoms with Crippen LogP contribution in [-0.4, -0.2) is 28.6 Å². The van der Waals surface area contributed by atoms with Gasteiger partial charge in [-0.25, -0.2) is 0 Å².